The van der Waals surface area contributed by atoms with Crippen molar-refractivity contribution >= 4 is 69.8 Å². The van der Waals surface area contributed by atoms with Gasteiger partial charge in [-0.05, 0) is 68.3 Å². The molecule has 2 rings (SSSR count). The maximum atomic E-state index is 12.3. The number of rotatable bonds is 6. The van der Waals surface area contributed by atoms with Crippen molar-refractivity contribution in [2.75, 3.05) is 12.4 Å². The van der Waals surface area contributed by atoms with Crippen LogP contribution in [0.4, 0.5) is 0 Å². The highest BCUT2D eigenvalue weighted by atomic mass is 79.9. The van der Waals surface area contributed by atoms with Crippen LogP contribution in [0.25, 0.3) is 0 Å². The Hall–Kier alpha value is -1.27. The van der Waals surface area contributed by atoms with Gasteiger partial charge in [0.2, 0.25) is 0 Å². The van der Waals surface area contributed by atoms with E-state index in [-0.39, 0.29) is 11.1 Å². The van der Waals surface area contributed by atoms with Crippen molar-refractivity contribution in [2.45, 2.75) is 0 Å². The molecule has 2 aromatic rings. The van der Waals surface area contributed by atoms with Gasteiger partial charge in [-0.1, -0.05) is 15.9 Å². The molecule has 0 saturated carbocycles. The first-order valence-electron chi connectivity index (χ1n) is 7.16. The van der Waals surface area contributed by atoms with E-state index >= 15 is 0 Å². The number of halogens is 3. The zero-order valence-corrected chi connectivity index (χ0v) is 18.9. The minimum atomic E-state index is -4.21. The number of ether oxygens (including phenoxy) is 2. The molecule has 0 aliphatic rings. The van der Waals surface area contributed by atoms with Gasteiger partial charge in [-0.15, -0.1) is 0 Å². The predicted molar refractivity (Wildman–Crippen MR) is 108 cm³/mol. The van der Waals surface area contributed by atoms with E-state index in [2.05, 4.69) is 47.8 Å². The van der Waals surface area contributed by atoms with Crippen LogP contribution in [-0.4, -0.2) is 37.3 Å². The molecule has 2 aromatic carbocycles. The Morgan fingerprint density at radius 1 is 0.926 bits per heavy atom. The van der Waals surface area contributed by atoms with Crippen LogP contribution in [0, 0.1) is 0 Å². The fourth-order valence-corrected chi connectivity index (χ4v) is 4.56. The molecule has 0 saturated heterocycles. The summed E-state index contributed by atoms with van der Waals surface area (Å²) in [6.45, 7) is -0.479. The summed E-state index contributed by atoms with van der Waals surface area (Å²) in [5, 5.41) is 0. The van der Waals surface area contributed by atoms with Crippen molar-refractivity contribution in [3.63, 3.8) is 0 Å². The van der Waals surface area contributed by atoms with Gasteiger partial charge in [-0.25, -0.2) is 9.59 Å². The number of hydrogen-bond donors (Lipinski definition) is 1. The predicted octanol–water partition coefficient (Wildman–Crippen LogP) is 4.24. The van der Waals surface area contributed by atoms with E-state index in [0.717, 1.165) is 4.47 Å². The molecule has 0 bridgehead atoms. The van der Waals surface area contributed by atoms with Gasteiger partial charge < -0.3 is 9.47 Å². The second-order valence-electron chi connectivity index (χ2n) is 5.09. The van der Waals surface area contributed by atoms with Gasteiger partial charge in [-0.3, -0.25) is 4.55 Å². The minimum absolute atomic E-state index is 0.118. The molecular weight excluding hydrogens is 576 g/mol. The maximum absolute atomic E-state index is 12.3. The van der Waals surface area contributed by atoms with E-state index in [4.69, 9.17) is 14.0 Å². The topological polar surface area (TPSA) is 107 Å². The first-order valence-corrected chi connectivity index (χ1v) is 11.1. The van der Waals surface area contributed by atoms with Gasteiger partial charge in [0.05, 0.1) is 20.1 Å². The highest BCUT2D eigenvalue weighted by Crippen LogP contribution is 2.36. The second kappa shape index (κ2) is 9.28. The van der Waals surface area contributed by atoms with E-state index in [1.165, 1.54) is 24.3 Å². The average Bonchev–Trinajstić information content (AvgIpc) is 2.56. The second-order valence-corrected chi connectivity index (χ2v) is 9.28. The third kappa shape index (κ3) is 6.68. The van der Waals surface area contributed by atoms with E-state index in [1.807, 2.05) is 0 Å². The Morgan fingerprint density at radius 3 is 1.89 bits per heavy atom. The highest BCUT2D eigenvalue weighted by Gasteiger charge is 2.16. The fourth-order valence-electron chi connectivity index (χ4n) is 1.84. The minimum Gasteiger partial charge on any atom is -0.461 e. The molecule has 0 heterocycles. The van der Waals surface area contributed by atoms with Crippen LogP contribution in [0.15, 0.2) is 49.8 Å². The van der Waals surface area contributed by atoms with Crippen LogP contribution in [-0.2, 0) is 14.9 Å². The molecule has 27 heavy (non-hydrogen) atoms. The lowest BCUT2D eigenvalue weighted by Crippen LogP contribution is -2.15. The van der Waals surface area contributed by atoms with Crippen LogP contribution in [0.5, 0.6) is 5.75 Å². The standard InChI is InChI=1S/C16H11Br3O7S/c17-11-7-12(18)14(13(19)8-11)26-16(21)10-3-1-9(2-4-10)15(20)25-5-6-27(22,23)24/h1-4,7-8H,5-6H2,(H,22,23,24). The summed E-state index contributed by atoms with van der Waals surface area (Å²) in [6, 6.07) is 8.89. The number of carbonyl (C=O) groups excluding carboxylic acids is 2. The zero-order chi connectivity index (χ0) is 20.2. The van der Waals surface area contributed by atoms with Crippen molar-refractivity contribution in [2.24, 2.45) is 0 Å². The summed E-state index contributed by atoms with van der Waals surface area (Å²) in [4.78, 5) is 24.1. The average molecular weight is 587 g/mol. The third-order valence-electron chi connectivity index (χ3n) is 3.09. The first-order chi connectivity index (χ1) is 12.6. The maximum Gasteiger partial charge on any atom is 0.343 e. The summed E-state index contributed by atoms with van der Waals surface area (Å²) >= 11 is 9.93. The van der Waals surface area contributed by atoms with Crippen molar-refractivity contribution < 1.29 is 32.0 Å². The lowest BCUT2D eigenvalue weighted by atomic mass is 10.1. The Kier molecular flexibility index (Phi) is 7.57. The van der Waals surface area contributed by atoms with Crippen LogP contribution >= 0.6 is 47.8 Å². The molecule has 0 aliphatic carbocycles. The van der Waals surface area contributed by atoms with Crippen LogP contribution in [0.2, 0.25) is 0 Å². The molecule has 0 atom stereocenters. The molecule has 0 radical (unpaired) electrons. The fraction of sp³-hybridized carbons (Fsp3) is 0.125. The molecule has 0 aliphatic heterocycles. The quantitative estimate of drug-likeness (QED) is 0.307. The number of benzene rings is 2. The molecule has 0 fully saturated rings. The van der Waals surface area contributed by atoms with E-state index in [9.17, 15) is 18.0 Å². The van der Waals surface area contributed by atoms with Crippen molar-refractivity contribution in [3.05, 3.63) is 60.9 Å². The molecule has 0 unspecified atom stereocenters. The van der Waals surface area contributed by atoms with Crippen molar-refractivity contribution in [1.82, 2.24) is 0 Å². The van der Waals surface area contributed by atoms with E-state index < -0.39 is 34.4 Å². The van der Waals surface area contributed by atoms with Gasteiger partial charge in [0, 0.05) is 4.47 Å². The Balaban J connectivity index is 2.04. The molecule has 0 aromatic heterocycles. The molecule has 11 heteroatoms. The Morgan fingerprint density at radius 2 is 1.41 bits per heavy atom. The molecule has 144 valence electrons. The molecular formula is C16H11Br3O7S. The van der Waals surface area contributed by atoms with Gasteiger partial charge in [0.25, 0.3) is 10.1 Å². The molecule has 1 N–H and O–H groups in total. The van der Waals surface area contributed by atoms with E-state index in [0.29, 0.717) is 14.7 Å². The zero-order valence-electron chi connectivity index (χ0n) is 13.3. The highest BCUT2D eigenvalue weighted by molar-refractivity contribution is 9.11. The van der Waals surface area contributed by atoms with E-state index in [1.54, 1.807) is 12.1 Å². The molecule has 0 amide bonds. The summed E-state index contributed by atoms with van der Waals surface area (Å²) in [6.07, 6.45) is 0. The normalized spacial score (nSPS) is 11.1. The Labute approximate surface area is 180 Å². The van der Waals surface area contributed by atoms with Crippen LogP contribution < -0.4 is 4.74 Å². The number of hydrogen-bond acceptors (Lipinski definition) is 6. The van der Waals surface area contributed by atoms with Gasteiger partial charge in [0.15, 0.2) is 5.75 Å². The summed E-state index contributed by atoms with van der Waals surface area (Å²) in [7, 11) is -4.21. The van der Waals surface area contributed by atoms with Crippen LogP contribution in [0.3, 0.4) is 0 Å². The smallest absolute Gasteiger partial charge is 0.343 e. The Bertz CT molecular complexity index is 949. The summed E-state index contributed by atoms with van der Waals surface area (Å²) in [5.41, 5.74) is 0.319. The van der Waals surface area contributed by atoms with Gasteiger partial charge in [-0.2, -0.15) is 8.42 Å². The number of esters is 2. The SMILES string of the molecule is O=C(OCCS(=O)(=O)O)c1ccc(C(=O)Oc2c(Br)cc(Br)cc2Br)cc1. The van der Waals surface area contributed by atoms with Gasteiger partial charge in [0.1, 0.15) is 12.4 Å². The number of carbonyl (C=O) groups is 2. The lowest BCUT2D eigenvalue weighted by molar-refractivity contribution is 0.0527. The van der Waals surface area contributed by atoms with Crippen LogP contribution in [0.1, 0.15) is 20.7 Å². The monoisotopic (exact) mass is 584 g/mol. The largest absolute Gasteiger partial charge is 0.461 e. The van der Waals surface area contributed by atoms with Gasteiger partial charge >= 0.3 is 11.9 Å². The third-order valence-corrected chi connectivity index (χ3v) is 5.41. The van der Waals surface area contributed by atoms with Crippen molar-refractivity contribution in [1.29, 1.82) is 0 Å². The summed E-state index contributed by atoms with van der Waals surface area (Å²) < 4.78 is 41.8. The molecule has 7 nitrogen and oxygen atoms in total. The lowest BCUT2D eigenvalue weighted by Gasteiger charge is -2.09. The molecule has 0 spiro atoms. The first kappa shape index (κ1) is 22.0. The van der Waals surface area contributed by atoms with Crippen molar-refractivity contribution in [3.8, 4) is 5.75 Å². The summed E-state index contributed by atoms with van der Waals surface area (Å²) in [5.74, 6) is -1.81.